The van der Waals surface area contributed by atoms with E-state index in [2.05, 4.69) is 74.6 Å². The zero-order valence-corrected chi connectivity index (χ0v) is 35.5. The Hall–Kier alpha value is -2.31. The van der Waals surface area contributed by atoms with Crippen molar-refractivity contribution in [2.24, 2.45) is 0 Å². The van der Waals surface area contributed by atoms with E-state index < -0.39 is 86.7 Å². The molecule has 0 aromatic rings. The lowest BCUT2D eigenvalue weighted by Gasteiger charge is -2.42. The van der Waals surface area contributed by atoms with Crippen LogP contribution in [0.1, 0.15) is 117 Å². The number of ether oxygens (including phenoxy) is 6. The normalized spacial score (nSPS) is 28.6. The van der Waals surface area contributed by atoms with Crippen LogP contribution in [0.4, 0.5) is 0 Å². The fourth-order valence-corrected chi connectivity index (χ4v) is 6.43. The maximum atomic E-state index is 12.7. The summed E-state index contributed by atoms with van der Waals surface area (Å²) in [5, 5.41) is 71.6. The maximum Gasteiger partial charge on any atom is 0.306 e. The number of esters is 1. The van der Waals surface area contributed by atoms with Crippen LogP contribution in [0.15, 0.2) is 60.8 Å². The van der Waals surface area contributed by atoms with E-state index in [1.165, 1.54) is 0 Å². The van der Waals surface area contributed by atoms with Crippen molar-refractivity contribution in [2.75, 3.05) is 33.0 Å². The second-order valence-corrected chi connectivity index (χ2v) is 15.1. The zero-order chi connectivity index (χ0) is 43.1. The lowest BCUT2D eigenvalue weighted by Crippen LogP contribution is -2.61. The molecule has 0 radical (unpaired) electrons. The Balaban J connectivity index is 1.75. The average Bonchev–Trinajstić information content (AvgIpc) is 3.23. The molecule has 340 valence electrons. The molecule has 0 saturated carbocycles. The first-order valence-corrected chi connectivity index (χ1v) is 21.9. The molecule has 7 N–H and O–H groups in total. The molecule has 0 aromatic heterocycles. The van der Waals surface area contributed by atoms with E-state index in [9.17, 15) is 40.5 Å². The third kappa shape index (κ3) is 22.4. The Morgan fingerprint density at radius 1 is 0.576 bits per heavy atom. The van der Waals surface area contributed by atoms with Crippen LogP contribution in [0, 0.1) is 0 Å². The number of aliphatic hydroxyl groups excluding tert-OH is 7. The summed E-state index contributed by atoms with van der Waals surface area (Å²) in [7, 11) is 0. The second-order valence-electron chi connectivity index (χ2n) is 15.1. The van der Waals surface area contributed by atoms with Crippen molar-refractivity contribution in [2.45, 2.75) is 184 Å². The van der Waals surface area contributed by atoms with Crippen LogP contribution < -0.4 is 0 Å². The van der Waals surface area contributed by atoms with Crippen LogP contribution in [0.25, 0.3) is 0 Å². The number of unbranched alkanes of at least 4 members (excludes halogenated alkanes) is 8. The van der Waals surface area contributed by atoms with Crippen molar-refractivity contribution in [1.29, 1.82) is 0 Å². The van der Waals surface area contributed by atoms with Gasteiger partial charge in [-0.3, -0.25) is 4.79 Å². The summed E-state index contributed by atoms with van der Waals surface area (Å²) in [6.07, 6.45) is 20.6. The van der Waals surface area contributed by atoms with Crippen molar-refractivity contribution in [3.8, 4) is 0 Å². The SMILES string of the molecule is CC/C=C\C/C=C\C/C=C\C/C=C\C/C=C\CCCCCCOCC(COC1OC(COC2OC(CO)C(O)C(O)C2O)C(O)C(O)C1O)OC(=O)CCCCCCC. The maximum absolute atomic E-state index is 12.7. The molecule has 2 aliphatic heterocycles. The lowest BCUT2D eigenvalue weighted by molar-refractivity contribution is -0.332. The van der Waals surface area contributed by atoms with Gasteiger partial charge < -0.3 is 64.2 Å². The summed E-state index contributed by atoms with van der Waals surface area (Å²) in [5.41, 5.74) is 0. The summed E-state index contributed by atoms with van der Waals surface area (Å²) >= 11 is 0. The molecule has 2 rings (SSSR count). The monoisotopic (exact) mass is 841 g/mol. The predicted molar refractivity (Wildman–Crippen MR) is 224 cm³/mol. The number of carbonyl (C=O) groups excluding carboxylic acids is 1. The molecule has 0 spiro atoms. The van der Waals surface area contributed by atoms with Crippen molar-refractivity contribution < 1.29 is 69.0 Å². The van der Waals surface area contributed by atoms with Crippen LogP contribution in [-0.2, 0) is 33.2 Å². The summed E-state index contributed by atoms with van der Waals surface area (Å²) in [4.78, 5) is 12.7. The molecule has 0 bridgehead atoms. The Morgan fingerprint density at radius 3 is 1.71 bits per heavy atom. The molecule has 59 heavy (non-hydrogen) atoms. The zero-order valence-electron chi connectivity index (χ0n) is 35.5. The first-order chi connectivity index (χ1) is 28.6. The Kier molecular flexibility index (Phi) is 29.8. The third-order valence-electron chi connectivity index (χ3n) is 10.0. The predicted octanol–water partition coefficient (Wildman–Crippen LogP) is 4.62. The van der Waals surface area contributed by atoms with Crippen molar-refractivity contribution in [3.05, 3.63) is 60.8 Å². The minimum Gasteiger partial charge on any atom is -0.457 e. The van der Waals surface area contributed by atoms with Crippen LogP contribution in [0.2, 0.25) is 0 Å². The molecule has 11 unspecified atom stereocenters. The highest BCUT2D eigenvalue weighted by Crippen LogP contribution is 2.26. The van der Waals surface area contributed by atoms with Gasteiger partial charge in [0.05, 0.1) is 26.4 Å². The van der Waals surface area contributed by atoms with Crippen LogP contribution in [-0.4, -0.2) is 142 Å². The average molecular weight is 841 g/mol. The van der Waals surface area contributed by atoms with E-state index in [-0.39, 0.29) is 19.6 Å². The van der Waals surface area contributed by atoms with Gasteiger partial charge in [0.2, 0.25) is 0 Å². The van der Waals surface area contributed by atoms with Gasteiger partial charge in [-0.25, -0.2) is 0 Å². The van der Waals surface area contributed by atoms with Gasteiger partial charge >= 0.3 is 5.97 Å². The summed E-state index contributed by atoms with van der Waals surface area (Å²) in [6, 6.07) is 0. The molecule has 14 heteroatoms. The highest BCUT2D eigenvalue weighted by atomic mass is 16.7. The summed E-state index contributed by atoms with van der Waals surface area (Å²) < 4.78 is 33.9. The van der Waals surface area contributed by atoms with Crippen molar-refractivity contribution in [3.63, 3.8) is 0 Å². The molecule has 2 heterocycles. The molecule has 11 atom stereocenters. The largest absolute Gasteiger partial charge is 0.457 e. The van der Waals surface area contributed by atoms with Gasteiger partial charge in [-0.05, 0) is 57.8 Å². The van der Waals surface area contributed by atoms with E-state index in [0.717, 1.165) is 89.9 Å². The quantitative estimate of drug-likeness (QED) is 0.0280. The van der Waals surface area contributed by atoms with Gasteiger partial charge in [0.1, 0.15) is 54.9 Å². The second kappa shape index (κ2) is 33.3. The number of hydrogen-bond acceptors (Lipinski definition) is 14. The standard InChI is InChI=1S/C45H76O14/c1-3-5-7-9-10-11-12-13-14-15-16-17-18-19-20-21-22-23-25-27-29-54-31-34(57-37(47)28-26-24-8-6-4-2)32-55-44-43(53)41(51)39(49)36(59-44)33-56-45-42(52)40(50)38(48)35(30-46)58-45/h5,7,10-11,13-14,16-17,19-20,34-36,38-46,48-53H,3-4,6,8-9,12,15,18,21-33H2,1-2H3/b7-5-,11-10-,14-13-,17-16-,20-19-. The Bertz CT molecular complexity index is 1210. The molecule has 0 aliphatic carbocycles. The van der Waals surface area contributed by atoms with Gasteiger partial charge in [0, 0.05) is 13.0 Å². The van der Waals surface area contributed by atoms with Gasteiger partial charge in [-0.2, -0.15) is 0 Å². The number of rotatable bonds is 32. The highest BCUT2D eigenvalue weighted by Gasteiger charge is 2.47. The van der Waals surface area contributed by atoms with Crippen LogP contribution in [0.3, 0.4) is 0 Å². The van der Waals surface area contributed by atoms with E-state index in [4.69, 9.17) is 28.4 Å². The smallest absolute Gasteiger partial charge is 0.306 e. The van der Waals surface area contributed by atoms with Gasteiger partial charge in [-0.1, -0.05) is 113 Å². The van der Waals surface area contributed by atoms with Gasteiger partial charge in [0.15, 0.2) is 12.6 Å². The fraction of sp³-hybridized carbons (Fsp3) is 0.756. The minimum absolute atomic E-state index is 0.0409. The van der Waals surface area contributed by atoms with Crippen LogP contribution >= 0.6 is 0 Å². The van der Waals surface area contributed by atoms with Crippen molar-refractivity contribution >= 4 is 5.97 Å². The molecule has 2 fully saturated rings. The fourth-order valence-electron chi connectivity index (χ4n) is 6.43. The molecule has 14 nitrogen and oxygen atoms in total. The number of aliphatic hydroxyl groups is 7. The molecule has 2 saturated heterocycles. The number of hydrogen-bond donors (Lipinski definition) is 7. The van der Waals surface area contributed by atoms with E-state index in [0.29, 0.717) is 13.0 Å². The summed E-state index contributed by atoms with van der Waals surface area (Å²) in [5.74, 6) is -0.403. The van der Waals surface area contributed by atoms with Crippen molar-refractivity contribution in [1.82, 2.24) is 0 Å². The molecule has 0 amide bonds. The third-order valence-corrected chi connectivity index (χ3v) is 10.0. The Labute approximate surface area is 352 Å². The summed E-state index contributed by atoms with van der Waals surface area (Å²) in [6.45, 7) is 3.37. The first kappa shape index (κ1) is 52.8. The van der Waals surface area contributed by atoms with Gasteiger partial charge in [0.25, 0.3) is 0 Å². The molecular weight excluding hydrogens is 764 g/mol. The molecular formula is C45H76O14. The number of allylic oxidation sites excluding steroid dienone is 10. The minimum atomic E-state index is -1.71. The molecule has 2 aliphatic rings. The lowest BCUT2D eigenvalue weighted by atomic mass is 9.98. The topological polar surface area (TPSA) is 214 Å². The van der Waals surface area contributed by atoms with Crippen LogP contribution in [0.5, 0.6) is 0 Å². The van der Waals surface area contributed by atoms with E-state index in [1.807, 2.05) is 0 Å². The van der Waals surface area contributed by atoms with E-state index in [1.54, 1.807) is 0 Å². The Morgan fingerprint density at radius 2 is 1.10 bits per heavy atom. The highest BCUT2D eigenvalue weighted by molar-refractivity contribution is 5.69. The first-order valence-electron chi connectivity index (χ1n) is 21.9. The van der Waals surface area contributed by atoms with Gasteiger partial charge in [-0.15, -0.1) is 0 Å². The van der Waals surface area contributed by atoms with E-state index >= 15 is 0 Å². The number of carbonyl (C=O) groups is 1. The molecule has 0 aromatic carbocycles.